The fourth-order valence-electron chi connectivity index (χ4n) is 3.52. The number of benzene rings is 2. The van der Waals surface area contributed by atoms with E-state index in [9.17, 15) is 13.2 Å². The number of carbonyl (C=O) groups is 1. The van der Waals surface area contributed by atoms with Crippen molar-refractivity contribution in [1.29, 1.82) is 0 Å². The van der Waals surface area contributed by atoms with Gasteiger partial charge in [-0.15, -0.1) is 11.3 Å². The predicted octanol–water partition coefficient (Wildman–Crippen LogP) is 5.11. The molecule has 35 heavy (non-hydrogen) atoms. The first-order chi connectivity index (χ1) is 16.9. The van der Waals surface area contributed by atoms with Gasteiger partial charge in [0.15, 0.2) is 5.13 Å². The van der Waals surface area contributed by atoms with E-state index >= 15 is 0 Å². The Bertz CT molecular complexity index is 1630. The number of thiazole rings is 1. The van der Waals surface area contributed by atoms with Crippen molar-refractivity contribution in [2.24, 2.45) is 0 Å². The third-order valence-electron chi connectivity index (χ3n) is 5.20. The van der Waals surface area contributed by atoms with Crippen LogP contribution < -0.4 is 10.0 Å². The Morgan fingerprint density at radius 3 is 2.40 bits per heavy atom. The second-order valence-electron chi connectivity index (χ2n) is 7.69. The number of carbonyl (C=O) groups excluding carboxylic acids is 1. The highest BCUT2D eigenvalue weighted by molar-refractivity contribution is 7.93. The average Bonchev–Trinajstić information content (AvgIpc) is 3.27. The van der Waals surface area contributed by atoms with E-state index in [1.165, 1.54) is 23.5 Å². The molecular weight excluding hydrogens is 482 g/mol. The summed E-state index contributed by atoms with van der Waals surface area (Å²) >= 11 is 1.21. The van der Waals surface area contributed by atoms with Gasteiger partial charge in [0, 0.05) is 34.4 Å². The summed E-state index contributed by atoms with van der Waals surface area (Å²) in [6.07, 6.45) is 3.35. The molecule has 1 amide bonds. The lowest BCUT2D eigenvalue weighted by atomic mass is 10.0. The van der Waals surface area contributed by atoms with Crippen molar-refractivity contribution in [3.8, 4) is 11.3 Å². The summed E-state index contributed by atoms with van der Waals surface area (Å²) < 4.78 is 27.7. The van der Waals surface area contributed by atoms with Crippen LogP contribution in [-0.4, -0.2) is 29.3 Å². The van der Waals surface area contributed by atoms with Crippen molar-refractivity contribution in [2.75, 3.05) is 10.0 Å². The maximum absolute atomic E-state index is 13.2. The van der Waals surface area contributed by atoms with Crippen LogP contribution in [0.25, 0.3) is 22.2 Å². The van der Waals surface area contributed by atoms with Crippen LogP contribution in [0.3, 0.4) is 0 Å². The maximum atomic E-state index is 13.2. The molecule has 0 unspecified atom stereocenters. The van der Waals surface area contributed by atoms with Gasteiger partial charge in [-0.05, 0) is 55.5 Å². The Hall–Kier alpha value is -4.15. The molecule has 0 spiro atoms. The van der Waals surface area contributed by atoms with Crippen molar-refractivity contribution in [2.45, 2.75) is 11.8 Å². The fraction of sp³-hybridized carbons (Fsp3) is 0.0400. The smallest absolute Gasteiger partial charge is 0.263 e. The minimum atomic E-state index is -3.79. The molecule has 3 aromatic heterocycles. The van der Waals surface area contributed by atoms with E-state index in [4.69, 9.17) is 0 Å². The summed E-state index contributed by atoms with van der Waals surface area (Å²) in [5.74, 6) is -0.328. The van der Waals surface area contributed by atoms with Crippen LogP contribution >= 0.6 is 11.3 Å². The Balaban J connectivity index is 1.41. The van der Waals surface area contributed by atoms with Gasteiger partial charge in [-0.3, -0.25) is 14.5 Å². The van der Waals surface area contributed by atoms with E-state index in [-0.39, 0.29) is 10.8 Å². The van der Waals surface area contributed by atoms with E-state index in [1.54, 1.807) is 42.9 Å². The number of nitrogens with zero attached hydrogens (tertiary/aromatic N) is 3. The number of sulfonamides is 1. The van der Waals surface area contributed by atoms with Crippen LogP contribution in [0.1, 0.15) is 16.1 Å². The zero-order valence-corrected chi connectivity index (χ0v) is 20.1. The fourth-order valence-corrected chi connectivity index (χ4v) is 5.47. The van der Waals surface area contributed by atoms with Crippen molar-refractivity contribution in [1.82, 2.24) is 15.0 Å². The summed E-state index contributed by atoms with van der Waals surface area (Å²) in [7, 11) is -3.79. The first kappa shape index (κ1) is 22.6. The Labute approximate surface area is 205 Å². The molecule has 8 nitrogen and oxygen atoms in total. The van der Waals surface area contributed by atoms with E-state index < -0.39 is 10.0 Å². The Morgan fingerprint density at radius 2 is 1.69 bits per heavy atom. The summed E-state index contributed by atoms with van der Waals surface area (Å²) in [4.78, 5) is 26.2. The first-order valence-corrected chi connectivity index (χ1v) is 12.9. The highest BCUT2D eigenvalue weighted by Crippen LogP contribution is 2.26. The number of rotatable bonds is 6. The lowest BCUT2D eigenvalue weighted by Crippen LogP contribution is -2.14. The third-order valence-corrected chi connectivity index (χ3v) is 7.56. The number of fused-ring (bicyclic) bond motifs is 1. The van der Waals surface area contributed by atoms with E-state index in [2.05, 4.69) is 25.0 Å². The molecule has 0 saturated heterocycles. The molecule has 0 bridgehead atoms. The van der Waals surface area contributed by atoms with Gasteiger partial charge in [-0.25, -0.2) is 18.4 Å². The van der Waals surface area contributed by atoms with E-state index in [0.717, 1.165) is 11.3 Å². The predicted molar refractivity (Wildman–Crippen MR) is 137 cm³/mol. The molecule has 0 atom stereocenters. The molecule has 10 heteroatoms. The zero-order chi connectivity index (χ0) is 24.4. The summed E-state index contributed by atoms with van der Waals surface area (Å²) in [6, 6.07) is 18.8. The number of hydrogen-bond acceptors (Lipinski definition) is 7. The average molecular weight is 502 g/mol. The maximum Gasteiger partial charge on any atom is 0.263 e. The van der Waals surface area contributed by atoms with Crippen LogP contribution in [0, 0.1) is 6.92 Å². The molecule has 174 valence electrons. The molecule has 0 radical (unpaired) electrons. The van der Waals surface area contributed by atoms with Gasteiger partial charge < -0.3 is 5.32 Å². The number of aromatic nitrogens is 3. The monoisotopic (exact) mass is 501 g/mol. The van der Waals surface area contributed by atoms with E-state index in [1.807, 2.05) is 36.4 Å². The quantitative estimate of drug-likeness (QED) is 0.334. The van der Waals surface area contributed by atoms with Crippen LogP contribution in [0.2, 0.25) is 0 Å². The van der Waals surface area contributed by atoms with Gasteiger partial charge in [-0.1, -0.05) is 18.2 Å². The number of aryl methyl sites for hydroxylation is 1. The molecule has 3 heterocycles. The van der Waals surface area contributed by atoms with E-state index in [0.29, 0.717) is 33.0 Å². The van der Waals surface area contributed by atoms with Gasteiger partial charge in [0.2, 0.25) is 0 Å². The topological polar surface area (TPSA) is 114 Å². The molecule has 2 aromatic carbocycles. The van der Waals surface area contributed by atoms with Crippen LogP contribution in [0.4, 0.5) is 10.8 Å². The molecule has 0 fully saturated rings. The zero-order valence-electron chi connectivity index (χ0n) is 18.5. The molecule has 0 saturated carbocycles. The molecule has 0 aliphatic rings. The molecule has 5 aromatic rings. The standard InChI is InChI=1S/C25H19N5O3S2/c1-16-15-34-25(27-16)30-35(32,33)19-8-6-18(7-9-19)28-24(31)21-14-23(17-10-12-26-13-11-17)29-22-5-3-2-4-20(21)22/h2-15H,1H3,(H,27,30)(H,28,31). The minimum Gasteiger partial charge on any atom is -0.322 e. The van der Waals surface area contributed by atoms with Crippen LogP contribution in [0.5, 0.6) is 0 Å². The van der Waals surface area contributed by atoms with Gasteiger partial charge in [0.25, 0.3) is 15.9 Å². The highest BCUT2D eigenvalue weighted by Gasteiger charge is 2.17. The molecular formula is C25H19N5O3S2. The summed E-state index contributed by atoms with van der Waals surface area (Å²) in [6.45, 7) is 1.79. The van der Waals surface area contributed by atoms with Crippen molar-refractivity contribution in [3.63, 3.8) is 0 Å². The van der Waals surface area contributed by atoms with Gasteiger partial charge in [0.05, 0.1) is 27.4 Å². The highest BCUT2D eigenvalue weighted by atomic mass is 32.2. The number of anilines is 2. The molecule has 2 N–H and O–H groups in total. The van der Waals surface area contributed by atoms with Crippen molar-refractivity contribution >= 4 is 49.0 Å². The second-order valence-corrected chi connectivity index (χ2v) is 10.2. The lowest BCUT2D eigenvalue weighted by molar-refractivity contribution is 0.102. The van der Waals surface area contributed by atoms with Crippen molar-refractivity contribution < 1.29 is 13.2 Å². The largest absolute Gasteiger partial charge is 0.322 e. The number of amides is 1. The number of pyridine rings is 2. The molecule has 0 aliphatic heterocycles. The van der Waals surface area contributed by atoms with Gasteiger partial charge >= 0.3 is 0 Å². The van der Waals surface area contributed by atoms with Crippen molar-refractivity contribution in [3.05, 3.63) is 95.8 Å². The van der Waals surface area contributed by atoms with Crippen LogP contribution in [0.15, 0.2) is 89.4 Å². The Kier molecular flexibility index (Phi) is 5.98. The van der Waals surface area contributed by atoms with Crippen LogP contribution in [-0.2, 0) is 10.0 Å². The lowest BCUT2D eigenvalue weighted by Gasteiger charge is -2.11. The van der Waals surface area contributed by atoms with Gasteiger partial charge in [0.1, 0.15) is 0 Å². The second kappa shape index (κ2) is 9.24. The SMILES string of the molecule is Cc1csc(NS(=O)(=O)c2ccc(NC(=O)c3cc(-c4ccncc4)nc4ccccc34)cc2)n1. The number of hydrogen-bond donors (Lipinski definition) is 2. The van der Waals surface area contributed by atoms with Gasteiger partial charge in [-0.2, -0.15) is 0 Å². The molecule has 0 aliphatic carbocycles. The normalized spacial score (nSPS) is 11.3. The third kappa shape index (κ3) is 4.88. The first-order valence-electron chi connectivity index (χ1n) is 10.6. The number of nitrogens with one attached hydrogen (secondary N) is 2. The molecule has 5 rings (SSSR count). The summed E-state index contributed by atoms with van der Waals surface area (Å²) in [5.41, 5.74) is 3.85. The Morgan fingerprint density at radius 1 is 0.943 bits per heavy atom. The minimum absolute atomic E-state index is 0.0673. The summed E-state index contributed by atoms with van der Waals surface area (Å²) in [5, 5.41) is 5.63. The number of para-hydroxylation sites is 1.